The minimum absolute atomic E-state index is 0.0159. The maximum atomic E-state index is 11.7. The minimum Gasteiger partial charge on any atom is -0.497 e. The van der Waals surface area contributed by atoms with Crippen molar-refractivity contribution in [2.24, 2.45) is 11.7 Å². The lowest BCUT2D eigenvalue weighted by Crippen LogP contribution is -2.30. The topological polar surface area (TPSA) is 73.6 Å². The lowest BCUT2D eigenvalue weighted by Gasteiger charge is -2.13. The summed E-state index contributed by atoms with van der Waals surface area (Å²) in [6.45, 7) is 5.46. The number of amides is 1. The highest BCUT2D eigenvalue weighted by Gasteiger charge is 2.08. The summed E-state index contributed by atoms with van der Waals surface area (Å²) in [7, 11) is 1.62. The Morgan fingerprint density at radius 1 is 1.38 bits per heavy atom. The van der Waals surface area contributed by atoms with Gasteiger partial charge in [0.15, 0.2) is 6.61 Å². The number of nitrogens with two attached hydrogens (primary N) is 1. The fourth-order valence-electron chi connectivity index (χ4n) is 1.87. The molecule has 1 amide bonds. The monoisotopic (exact) mass is 294 g/mol. The lowest BCUT2D eigenvalue weighted by molar-refractivity contribution is -0.123. The maximum Gasteiger partial charge on any atom is 0.257 e. The molecule has 118 valence electrons. The van der Waals surface area contributed by atoms with Gasteiger partial charge < -0.3 is 20.5 Å². The van der Waals surface area contributed by atoms with Crippen molar-refractivity contribution < 1.29 is 14.3 Å². The van der Waals surface area contributed by atoms with E-state index in [1.165, 1.54) is 0 Å². The highest BCUT2D eigenvalue weighted by Crippen LogP contribution is 2.24. The first-order valence-electron chi connectivity index (χ1n) is 7.33. The van der Waals surface area contributed by atoms with Crippen molar-refractivity contribution in [2.75, 3.05) is 26.8 Å². The predicted octanol–water partition coefficient (Wildman–Crippen LogP) is 1.74. The molecule has 21 heavy (non-hydrogen) atoms. The standard InChI is InChI=1S/C16H26N2O3/c1-12(2)7-9-18-16(19)11-21-15-5-4-14(20-3)10-13(15)6-8-17/h4-5,10,12H,6-9,11,17H2,1-3H3,(H,18,19). The Hall–Kier alpha value is -1.75. The van der Waals surface area contributed by atoms with E-state index in [-0.39, 0.29) is 12.5 Å². The second-order valence-electron chi connectivity index (χ2n) is 5.33. The van der Waals surface area contributed by atoms with E-state index in [1.807, 2.05) is 18.2 Å². The zero-order valence-corrected chi connectivity index (χ0v) is 13.1. The van der Waals surface area contributed by atoms with E-state index in [9.17, 15) is 4.79 Å². The van der Waals surface area contributed by atoms with E-state index in [0.717, 1.165) is 17.7 Å². The molecular weight excluding hydrogens is 268 g/mol. The Bertz CT molecular complexity index is 447. The van der Waals surface area contributed by atoms with Crippen molar-refractivity contribution in [3.05, 3.63) is 23.8 Å². The summed E-state index contributed by atoms with van der Waals surface area (Å²) in [6, 6.07) is 5.51. The molecule has 0 heterocycles. The summed E-state index contributed by atoms with van der Waals surface area (Å²) < 4.78 is 10.8. The van der Waals surface area contributed by atoms with Crippen molar-refractivity contribution in [3.8, 4) is 11.5 Å². The quantitative estimate of drug-likeness (QED) is 0.727. The SMILES string of the molecule is COc1ccc(OCC(=O)NCCC(C)C)c(CCN)c1. The van der Waals surface area contributed by atoms with E-state index in [1.54, 1.807) is 7.11 Å². The highest BCUT2D eigenvalue weighted by molar-refractivity contribution is 5.77. The first-order chi connectivity index (χ1) is 10.1. The summed E-state index contributed by atoms with van der Waals surface area (Å²) in [5.41, 5.74) is 6.55. The molecule has 0 saturated carbocycles. The van der Waals surface area contributed by atoms with E-state index >= 15 is 0 Å². The molecule has 1 aromatic rings. The third-order valence-electron chi connectivity index (χ3n) is 3.08. The van der Waals surface area contributed by atoms with Crippen molar-refractivity contribution in [3.63, 3.8) is 0 Å². The van der Waals surface area contributed by atoms with Gasteiger partial charge in [0.25, 0.3) is 5.91 Å². The molecule has 3 N–H and O–H groups in total. The molecule has 0 atom stereocenters. The maximum absolute atomic E-state index is 11.7. The van der Waals surface area contributed by atoms with Gasteiger partial charge in [-0.15, -0.1) is 0 Å². The predicted molar refractivity (Wildman–Crippen MR) is 83.7 cm³/mol. The first-order valence-corrected chi connectivity index (χ1v) is 7.33. The van der Waals surface area contributed by atoms with Crippen LogP contribution in [0.3, 0.4) is 0 Å². The Balaban J connectivity index is 2.52. The number of hydrogen-bond donors (Lipinski definition) is 2. The normalized spacial score (nSPS) is 10.5. The minimum atomic E-state index is -0.106. The molecular formula is C16H26N2O3. The van der Waals surface area contributed by atoms with E-state index in [0.29, 0.717) is 31.2 Å². The van der Waals surface area contributed by atoms with Crippen LogP contribution in [0.15, 0.2) is 18.2 Å². The number of methoxy groups -OCH3 is 1. The molecule has 0 aliphatic carbocycles. The number of carbonyl (C=O) groups is 1. The number of benzene rings is 1. The number of carbonyl (C=O) groups excluding carboxylic acids is 1. The average molecular weight is 294 g/mol. The van der Waals surface area contributed by atoms with E-state index in [4.69, 9.17) is 15.2 Å². The molecule has 0 aliphatic rings. The molecule has 5 heteroatoms. The van der Waals surface area contributed by atoms with Gasteiger partial charge in [-0.1, -0.05) is 13.8 Å². The third-order valence-corrected chi connectivity index (χ3v) is 3.08. The van der Waals surface area contributed by atoms with Crippen LogP contribution in [0.25, 0.3) is 0 Å². The van der Waals surface area contributed by atoms with Crippen molar-refractivity contribution in [1.29, 1.82) is 0 Å². The van der Waals surface area contributed by atoms with Crippen molar-refractivity contribution >= 4 is 5.91 Å². The molecule has 5 nitrogen and oxygen atoms in total. The summed E-state index contributed by atoms with van der Waals surface area (Å²) in [5, 5.41) is 2.84. The smallest absolute Gasteiger partial charge is 0.257 e. The second kappa shape index (κ2) is 9.23. The summed E-state index contributed by atoms with van der Waals surface area (Å²) in [4.78, 5) is 11.7. The number of nitrogens with one attached hydrogen (secondary N) is 1. The third kappa shape index (κ3) is 6.49. The van der Waals surface area contributed by atoms with E-state index < -0.39 is 0 Å². The number of ether oxygens (including phenoxy) is 2. The van der Waals surface area contributed by atoms with Crippen LogP contribution in [0.2, 0.25) is 0 Å². The van der Waals surface area contributed by atoms with Gasteiger partial charge in [-0.25, -0.2) is 0 Å². The van der Waals surface area contributed by atoms with Crippen LogP contribution in [0.5, 0.6) is 11.5 Å². The fourth-order valence-corrected chi connectivity index (χ4v) is 1.87. The molecule has 1 rings (SSSR count). The van der Waals surface area contributed by atoms with Gasteiger partial charge in [0.05, 0.1) is 7.11 Å². The Labute approximate surface area is 126 Å². The Morgan fingerprint density at radius 3 is 2.76 bits per heavy atom. The van der Waals surface area contributed by atoms with Crippen LogP contribution in [0.1, 0.15) is 25.8 Å². The fraction of sp³-hybridized carbons (Fsp3) is 0.562. The molecule has 0 radical (unpaired) electrons. The van der Waals surface area contributed by atoms with Crippen molar-refractivity contribution in [1.82, 2.24) is 5.32 Å². The largest absolute Gasteiger partial charge is 0.497 e. The molecule has 0 unspecified atom stereocenters. The second-order valence-corrected chi connectivity index (χ2v) is 5.33. The summed E-state index contributed by atoms with van der Waals surface area (Å²) in [5.74, 6) is 1.90. The first kappa shape index (κ1) is 17.3. The van der Waals surface area contributed by atoms with Crippen LogP contribution in [-0.2, 0) is 11.2 Å². The van der Waals surface area contributed by atoms with Gasteiger partial charge in [-0.2, -0.15) is 0 Å². The molecule has 0 fully saturated rings. The van der Waals surface area contributed by atoms with Crippen molar-refractivity contribution in [2.45, 2.75) is 26.7 Å². The average Bonchev–Trinajstić information content (AvgIpc) is 2.45. The van der Waals surface area contributed by atoms with Gasteiger partial charge in [0.2, 0.25) is 0 Å². The van der Waals surface area contributed by atoms with Gasteiger partial charge in [0.1, 0.15) is 11.5 Å². The molecule has 1 aromatic carbocycles. The Morgan fingerprint density at radius 2 is 2.14 bits per heavy atom. The van der Waals surface area contributed by atoms with Crippen LogP contribution in [-0.4, -0.2) is 32.7 Å². The highest BCUT2D eigenvalue weighted by atomic mass is 16.5. The molecule has 0 aliphatic heterocycles. The lowest BCUT2D eigenvalue weighted by atomic mass is 10.1. The molecule has 0 bridgehead atoms. The van der Waals surface area contributed by atoms with Gasteiger partial charge in [-0.05, 0) is 49.1 Å². The molecule has 0 aromatic heterocycles. The van der Waals surface area contributed by atoms with Crippen LogP contribution in [0, 0.1) is 5.92 Å². The molecule has 0 saturated heterocycles. The van der Waals surface area contributed by atoms with Crippen LogP contribution < -0.4 is 20.5 Å². The van der Waals surface area contributed by atoms with Crippen LogP contribution in [0.4, 0.5) is 0 Å². The molecule has 0 spiro atoms. The van der Waals surface area contributed by atoms with E-state index in [2.05, 4.69) is 19.2 Å². The summed E-state index contributed by atoms with van der Waals surface area (Å²) in [6.07, 6.45) is 1.65. The number of rotatable bonds is 9. The van der Waals surface area contributed by atoms with Crippen LogP contribution >= 0.6 is 0 Å². The van der Waals surface area contributed by atoms with Gasteiger partial charge >= 0.3 is 0 Å². The zero-order chi connectivity index (χ0) is 15.7. The summed E-state index contributed by atoms with van der Waals surface area (Å²) >= 11 is 0. The Kier molecular flexibility index (Phi) is 7.61. The van der Waals surface area contributed by atoms with Gasteiger partial charge in [-0.3, -0.25) is 4.79 Å². The zero-order valence-electron chi connectivity index (χ0n) is 13.1. The number of hydrogen-bond acceptors (Lipinski definition) is 4. The van der Waals surface area contributed by atoms with Gasteiger partial charge in [0, 0.05) is 6.54 Å².